The number of hydrogen-bond donors (Lipinski definition) is 0. The average molecular weight is 369 g/mol. The van der Waals surface area contributed by atoms with Crippen molar-refractivity contribution in [3.63, 3.8) is 0 Å². The third-order valence-electron chi connectivity index (χ3n) is 4.24. The molecule has 0 saturated heterocycles. The van der Waals surface area contributed by atoms with Gasteiger partial charge in [-0.25, -0.2) is 0 Å². The Labute approximate surface area is 140 Å². The first-order chi connectivity index (χ1) is 10.0. The van der Waals surface area contributed by atoms with Gasteiger partial charge in [-0.2, -0.15) is 0 Å². The molecule has 3 heteroatoms. The van der Waals surface area contributed by atoms with Crippen LogP contribution in [0.25, 0.3) is 5.57 Å². The van der Waals surface area contributed by atoms with E-state index in [1.165, 1.54) is 44.9 Å². The topological polar surface area (TPSA) is 9.23 Å². The molecule has 0 atom stereocenters. The molecule has 1 aliphatic heterocycles. The Bertz CT molecular complexity index is 450. The van der Waals surface area contributed by atoms with E-state index >= 15 is 0 Å². The summed E-state index contributed by atoms with van der Waals surface area (Å²) in [5, 5.41) is 0. The molecule has 0 fully saturated rings. The maximum Gasteiger partial charge on any atom is 0.0724 e. The Hall–Kier alpha value is -0.383. The van der Waals surface area contributed by atoms with Crippen molar-refractivity contribution in [2.24, 2.45) is 0 Å². The average Bonchev–Trinajstić information content (AvgIpc) is 3.01. The van der Waals surface area contributed by atoms with E-state index in [0.29, 0.717) is 0 Å². The van der Waals surface area contributed by atoms with Crippen molar-refractivity contribution in [2.45, 2.75) is 52.8 Å². The van der Waals surface area contributed by atoms with Gasteiger partial charge >= 0.3 is 0 Å². The summed E-state index contributed by atoms with van der Waals surface area (Å²) in [7, 11) is -0.171. The second-order valence-electron chi connectivity index (χ2n) is 5.76. The van der Waals surface area contributed by atoms with Crippen molar-refractivity contribution in [3.8, 4) is 0 Å². The molecule has 0 bridgehead atoms. The fraction of sp³-hybridized carbons (Fsp3) is 0.556. The molecule has 1 nitrogen and oxygen atoms in total. The van der Waals surface area contributed by atoms with Crippen molar-refractivity contribution in [2.75, 3.05) is 13.2 Å². The van der Waals surface area contributed by atoms with Gasteiger partial charge in [0.25, 0.3) is 0 Å². The molecule has 1 aromatic carbocycles. The van der Waals surface area contributed by atoms with Gasteiger partial charge in [0.1, 0.15) is 0 Å². The van der Waals surface area contributed by atoms with Gasteiger partial charge in [0.15, 0.2) is 0 Å². The normalized spacial score (nSPS) is 14.0. The van der Waals surface area contributed by atoms with Gasteiger partial charge in [-0.3, -0.25) is 0 Å². The summed E-state index contributed by atoms with van der Waals surface area (Å²) in [6, 6.07) is 8.89. The van der Waals surface area contributed by atoms with Crippen LogP contribution in [0.3, 0.4) is 0 Å². The van der Waals surface area contributed by atoms with Crippen LogP contribution in [-0.4, -0.2) is 22.0 Å². The first kappa shape index (κ1) is 18.7. The van der Waals surface area contributed by atoms with E-state index in [-0.39, 0.29) is 8.80 Å². The van der Waals surface area contributed by atoms with Crippen LogP contribution in [0.1, 0.15) is 37.5 Å². The first-order valence-electron chi connectivity index (χ1n) is 8.07. The van der Waals surface area contributed by atoms with Gasteiger partial charge in [-0.1, -0.05) is 73.0 Å². The second kappa shape index (κ2) is 9.60. The van der Waals surface area contributed by atoms with Crippen molar-refractivity contribution >= 4 is 30.3 Å². The fourth-order valence-corrected chi connectivity index (χ4v) is 4.55. The molecule has 0 saturated carbocycles. The lowest BCUT2D eigenvalue weighted by Gasteiger charge is -2.08. The molecular formula is C18H29BrOSi. The summed E-state index contributed by atoms with van der Waals surface area (Å²) < 4.78 is 6.53. The third kappa shape index (κ3) is 5.72. The molecule has 21 heavy (non-hydrogen) atoms. The number of aryl methyl sites for hydroxylation is 2. The van der Waals surface area contributed by atoms with Crippen molar-refractivity contribution in [1.29, 1.82) is 0 Å². The summed E-state index contributed by atoms with van der Waals surface area (Å²) >= 11 is 3.57. The lowest BCUT2D eigenvalue weighted by molar-refractivity contribution is 0.216. The van der Waals surface area contributed by atoms with Gasteiger partial charge < -0.3 is 4.74 Å². The molecule has 0 N–H and O–H groups in total. The highest BCUT2D eigenvalue weighted by Gasteiger charge is 2.09. The molecule has 1 aromatic rings. The fourth-order valence-electron chi connectivity index (χ4n) is 2.59. The zero-order valence-electron chi connectivity index (χ0n) is 14.1. The monoisotopic (exact) mass is 368 g/mol. The smallest absolute Gasteiger partial charge is 0.0724 e. The van der Waals surface area contributed by atoms with Crippen LogP contribution in [0.2, 0.25) is 18.1 Å². The minimum atomic E-state index is -0.171. The van der Waals surface area contributed by atoms with Crippen molar-refractivity contribution in [1.82, 2.24) is 0 Å². The highest BCUT2D eigenvalue weighted by molar-refractivity contribution is 9.10. The Morgan fingerprint density at radius 3 is 1.90 bits per heavy atom. The van der Waals surface area contributed by atoms with Gasteiger partial charge in [0.05, 0.1) is 13.2 Å². The van der Waals surface area contributed by atoms with Gasteiger partial charge in [0, 0.05) is 13.3 Å². The molecule has 0 aliphatic carbocycles. The Morgan fingerprint density at radius 2 is 1.57 bits per heavy atom. The van der Waals surface area contributed by atoms with Crippen LogP contribution in [0.5, 0.6) is 0 Å². The van der Waals surface area contributed by atoms with Crippen molar-refractivity contribution in [3.05, 3.63) is 39.4 Å². The van der Waals surface area contributed by atoms with Crippen LogP contribution >= 0.6 is 15.9 Å². The molecule has 1 aliphatic rings. The van der Waals surface area contributed by atoms with E-state index in [1.54, 1.807) is 0 Å². The molecule has 1 heterocycles. The summed E-state index contributed by atoms with van der Waals surface area (Å²) in [6.45, 7) is 12.7. The van der Waals surface area contributed by atoms with Crippen LogP contribution in [0, 0.1) is 13.8 Å². The summed E-state index contributed by atoms with van der Waals surface area (Å²) in [6.07, 6.45) is 2.15. The Morgan fingerprint density at radius 1 is 1.05 bits per heavy atom. The first-order valence-corrected chi connectivity index (χ1v) is 11.3. The van der Waals surface area contributed by atoms with E-state index < -0.39 is 0 Å². The molecule has 118 valence electrons. The van der Waals surface area contributed by atoms with Gasteiger partial charge in [-0.05, 0) is 36.1 Å². The maximum atomic E-state index is 5.32. The highest BCUT2D eigenvalue weighted by Crippen LogP contribution is 2.27. The molecule has 0 spiro atoms. The van der Waals surface area contributed by atoms with Crippen LogP contribution in [0.4, 0.5) is 0 Å². The standard InChI is InChI=1S/C12H13BrO.C6H16Si/c1-8-5-11(6-9(2)12(8)13)10-3-4-14-7-10;1-4-7(5-2)6-3/h3,5-6H,4,7H2,1-2H3;7H,4-6H2,1-3H3. The van der Waals surface area contributed by atoms with E-state index in [0.717, 1.165) is 13.2 Å². The lowest BCUT2D eigenvalue weighted by Crippen LogP contribution is -2.04. The zero-order valence-corrected chi connectivity index (χ0v) is 16.9. The Balaban J connectivity index is 0.000000270. The summed E-state index contributed by atoms with van der Waals surface area (Å²) in [5.74, 6) is 0. The minimum Gasteiger partial charge on any atom is -0.373 e. The minimum absolute atomic E-state index is 0.171. The summed E-state index contributed by atoms with van der Waals surface area (Å²) in [5.41, 5.74) is 5.17. The van der Waals surface area contributed by atoms with Crippen LogP contribution in [-0.2, 0) is 4.74 Å². The van der Waals surface area contributed by atoms with Gasteiger partial charge in [-0.15, -0.1) is 0 Å². The zero-order chi connectivity index (χ0) is 15.8. The molecular weight excluding hydrogens is 340 g/mol. The maximum absolute atomic E-state index is 5.32. The second-order valence-corrected chi connectivity index (χ2v) is 10.7. The lowest BCUT2D eigenvalue weighted by atomic mass is 10.0. The summed E-state index contributed by atoms with van der Waals surface area (Å²) in [4.78, 5) is 0. The molecule has 2 rings (SSSR count). The molecule has 0 amide bonds. The van der Waals surface area contributed by atoms with Crippen LogP contribution in [0.15, 0.2) is 22.7 Å². The van der Waals surface area contributed by atoms with Crippen molar-refractivity contribution < 1.29 is 4.74 Å². The Kier molecular flexibility index (Phi) is 8.53. The number of benzene rings is 1. The third-order valence-corrected chi connectivity index (χ3v) is 8.96. The predicted molar refractivity (Wildman–Crippen MR) is 101 cm³/mol. The van der Waals surface area contributed by atoms with E-state index in [9.17, 15) is 0 Å². The number of hydrogen-bond acceptors (Lipinski definition) is 1. The van der Waals surface area contributed by atoms with Gasteiger partial charge in [0.2, 0.25) is 0 Å². The molecule has 0 radical (unpaired) electrons. The highest BCUT2D eigenvalue weighted by atomic mass is 79.9. The molecule has 0 unspecified atom stereocenters. The number of rotatable bonds is 4. The van der Waals surface area contributed by atoms with Crippen LogP contribution < -0.4 is 0 Å². The SMILES string of the molecule is CC[SiH](CC)CC.Cc1cc(C2=CCOC2)cc(C)c1Br. The predicted octanol–water partition coefficient (Wildman–Crippen LogP) is 5.75. The largest absolute Gasteiger partial charge is 0.373 e. The number of halogens is 1. The van der Waals surface area contributed by atoms with E-state index in [1.807, 2.05) is 0 Å². The quantitative estimate of drug-likeness (QED) is 0.614. The molecule has 0 aromatic heterocycles. The number of ether oxygens (including phenoxy) is 1. The van der Waals surface area contributed by atoms with E-state index in [4.69, 9.17) is 4.74 Å². The van der Waals surface area contributed by atoms with E-state index in [2.05, 4.69) is 68.8 Å².